The molecule has 0 spiro atoms. The van der Waals surface area contributed by atoms with E-state index in [1.54, 1.807) is 12.4 Å². The number of halogens is 2. The van der Waals surface area contributed by atoms with Crippen LogP contribution in [-0.4, -0.2) is 11.1 Å². The molecule has 0 aromatic carbocycles. The molecule has 2 nitrogen and oxygen atoms in total. The summed E-state index contributed by atoms with van der Waals surface area (Å²) in [5.41, 5.74) is 2.14. The minimum Gasteiger partial charge on any atom is -0.310 e. The van der Waals surface area contributed by atoms with Gasteiger partial charge in [0.25, 0.3) is 0 Å². The predicted octanol–water partition coefficient (Wildman–Crippen LogP) is 2.87. The lowest BCUT2D eigenvalue weighted by molar-refractivity contribution is 0.0704. The van der Waals surface area contributed by atoms with E-state index in [1.165, 1.54) is 0 Å². The zero-order chi connectivity index (χ0) is 10.8. The van der Waals surface area contributed by atoms with Crippen molar-refractivity contribution in [2.75, 3.05) is 6.54 Å². The Morgan fingerprint density at radius 3 is 3.00 bits per heavy atom. The van der Waals surface area contributed by atoms with Crippen LogP contribution >= 0.6 is 0 Å². The number of aromatic nitrogens is 1. The number of rotatable bonds is 3. The molecule has 1 aliphatic rings. The maximum Gasteiger partial charge on any atom is 0.318 e. The van der Waals surface area contributed by atoms with Crippen molar-refractivity contribution in [3.8, 4) is 0 Å². The van der Waals surface area contributed by atoms with Crippen molar-refractivity contribution < 1.29 is 8.78 Å². The van der Waals surface area contributed by atoms with Crippen LogP contribution in [-0.2, 0) is 6.42 Å². The second-order valence-corrected chi connectivity index (χ2v) is 3.97. The minimum atomic E-state index is -2.42. The van der Waals surface area contributed by atoms with E-state index in [4.69, 9.17) is 0 Å². The van der Waals surface area contributed by atoms with Gasteiger partial charge in [0.2, 0.25) is 0 Å². The highest BCUT2D eigenvalue weighted by atomic mass is 19.3. The number of fused-ring (bicyclic) bond motifs is 1. The largest absolute Gasteiger partial charge is 0.318 e. The highest BCUT2D eigenvalue weighted by Gasteiger charge is 2.22. The second kappa shape index (κ2) is 4.31. The first-order valence-corrected chi connectivity index (χ1v) is 5.44. The lowest BCUT2D eigenvalue weighted by Crippen LogP contribution is -2.23. The topological polar surface area (TPSA) is 17.0 Å². The van der Waals surface area contributed by atoms with E-state index in [0.717, 1.165) is 41.5 Å². The van der Waals surface area contributed by atoms with E-state index in [1.807, 2.05) is 6.92 Å². The van der Waals surface area contributed by atoms with E-state index in [0.29, 0.717) is 0 Å². The first-order chi connectivity index (χ1) is 7.22. The van der Waals surface area contributed by atoms with E-state index in [-0.39, 0.29) is 6.04 Å². The Labute approximate surface area is 88.3 Å². The van der Waals surface area contributed by atoms with Crippen molar-refractivity contribution in [2.45, 2.75) is 38.8 Å². The van der Waals surface area contributed by atoms with Gasteiger partial charge in [0.1, 0.15) is 0 Å². The number of hydrogen-bond acceptors (Lipinski definition) is 1. The third-order valence-electron chi connectivity index (χ3n) is 2.95. The first kappa shape index (κ1) is 10.6. The van der Waals surface area contributed by atoms with Crippen LogP contribution in [0.3, 0.4) is 0 Å². The Balaban J connectivity index is 2.26. The molecular weight excluding hydrogens is 198 g/mol. The van der Waals surface area contributed by atoms with Gasteiger partial charge >= 0.3 is 6.55 Å². The number of nitrogens with one attached hydrogen (secondary N) is 1. The van der Waals surface area contributed by atoms with Crippen LogP contribution in [0.1, 0.15) is 43.5 Å². The molecule has 15 heavy (non-hydrogen) atoms. The maximum atomic E-state index is 12.5. The molecule has 4 heteroatoms. The fourth-order valence-corrected chi connectivity index (χ4v) is 2.28. The Morgan fingerprint density at radius 1 is 1.53 bits per heavy atom. The maximum absolute atomic E-state index is 12.5. The quantitative estimate of drug-likeness (QED) is 0.818. The lowest BCUT2D eigenvalue weighted by atomic mass is 9.91. The number of alkyl halides is 2. The van der Waals surface area contributed by atoms with Gasteiger partial charge in [0.05, 0.1) is 0 Å². The van der Waals surface area contributed by atoms with Gasteiger partial charge in [-0.25, -0.2) is 0 Å². The third-order valence-corrected chi connectivity index (χ3v) is 2.95. The molecule has 1 N–H and O–H groups in total. The average molecular weight is 214 g/mol. The van der Waals surface area contributed by atoms with Gasteiger partial charge < -0.3 is 5.32 Å². The van der Waals surface area contributed by atoms with E-state index in [9.17, 15) is 8.78 Å². The molecule has 0 saturated carbocycles. The van der Waals surface area contributed by atoms with Crippen LogP contribution in [0.2, 0.25) is 0 Å². The van der Waals surface area contributed by atoms with Crippen molar-refractivity contribution in [2.24, 2.45) is 0 Å². The third kappa shape index (κ3) is 2.04. The SMILES string of the molecule is CCNC1CCCc2cn(C(F)F)cc21. The van der Waals surface area contributed by atoms with Gasteiger partial charge in [-0.1, -0.05) is 6.92 Å². The molecule has 0 radical (unpaired) electrons. The molecule has 0 saturated heterocycles. The molecular formula is C11H16F2N2. The minimum absolute atomic E-state index is 0.263. The highest BCUT2D eigenvalue weighted by molar-refractivity contribution is 5.30. The summed E-state index contributed by atoms with van der Waals surface area (Å²) in [4.78, 5) is 0. The molecule has 2 rings (SSSR count). The summed E-state index contributed by atoms with van der Waals surface area (Å²) in [6.45, 7) is 0.500. The molecule has 0 bridgehead atoms. The summed E-state index contributed by atoms with van der Waals surface area (Å²) in [5, 5.41) is 3.33. The fraction of sp³-hybridized carbons (Fsp3) is 0.636. The second-order valence-electron chi connectivity index (χ2n) is 3.97. The Hall–Kier alpha value is -0.900. The molecule has 0 amide bonds. The Kier molecular flexibility index (Phi) is 3.05. The summed E-state index contributed by atoms with van der Waals surface area (Å²) in [6, 6.07) is 0.263. The molecule has 0 aliphatic heterocycles. The van der Waals surface area contributed by atoms with Crippen molar-refractivity contribution in [1.29, 1.82) is 0 Å². The van der Waals surface area contributed by atoms with Crippen molar-refractivity contribution in [3.05, 3.63) is 23.5 Å². The summed E-state index contributed by atoms with van der Waals surface area (Å²) in [5.74, 6) is 0. The smallest absolute Gasteiger partial charge is 0.310 e. The monoisotopic (exact) mass is 214 g/mol. The molecule has 0 fully saturated rings. The first-order valence-electron chi connectivity index (χ1n) is 5.44. The zero-order valence-electron chi connectivity index (χ0n) is 8.84. The molecule has 1 aromatic rings. The van der Waals surface area contributed by atoms with Gasteiger partial charge in [-0.15, -0.1) is 0 Å². The van der Waals surface area contributed by atoms with Crippen molar-refractivity contribution in [1.82, 2.24) is 9.88 Å². The summed E-state index contributed by atoms with van der Waals surface area (Å²) < 4.78 is 26.0. The van der Waals surface area contributed by atoms with Crippen LogP contribution in [0.25, 0.3) is 0 Å². The summed E-state index contributed by atoms with van der Waals surface area (Å²) in [6.07, 6.45) is 6.24. The molecule has 1 atom stereocenters. The predicted molar refractivity (Wildman–Crippen MR) is 55.0 cm³/mol. The zero-order valence-corrected chi connectivity index (χ0v) is 8.84. The van der Waals surface area contributed by atoms with Crippen LogP contribution < -0.4 is 5.32 Å². The Morgan fingerprint density at radius 2 is 2.33 bits per heavy atom. The van der Waals surface area contributed by atoms with E-state index >= 15 is 0 Å². The number of hydrogen-bond donors (Lipinski definition) is 1. The van der Waals surface area contributed by atoms with Crippen molar-refractivity contribution in [3.63, 3.8) is 0 Å². The van der Waals surface area contributed by atoms with Gasteiger partial charge in [-0.2, -0.15) is 8.78 Å². The average Bonchev–Trinajstić information content (AvgIpc) is 2.63. The van der Waals surface area contributed by atoms with Crippen LogP contribution in [0.15, 0.2) is 12.4 Å². The van der Waals surface area contributed by atoms with Crippen LogP contribution in [0.4, 0.5) is 8.78 Å². The normalized spacial score (nSPS) is 20.7. The fourth-order valence-electron chi connectivity index (χ4n) is 2.28. The standard InChI is InChI=1S/C11H16F2N2/c1-2-14-10-5-3-4-8-6-15(11(12)13)7-9(8)10/h6-7,10-11,14H,2-5H2,1H3. The van der Waals surface area contributed by atoms with E-state index < -0.39 is 6.55 Å². The van der Waals surface area contributed by atoms with Gasteiger partial charge in [0, 0.05) is 18.4 Å². The van der Waals surface area contributed by atoms with Crippen LogP contribution in [0, 0.1) is 0 Å². The van der Waals surface area contributed by atoms with Gasteiger partial charge in [0.15, 0.2) is 0 Å². The van der Waals surface area contributed by atoms with Gasteiger partial charge in [-0.3, -0.25) is 4.57 Å². The summed E-state index contributed by atoms with van der Waals surface area (Å²) >= 11 is 0. The van der Waals surface area contributed by atoms with Crippen molar-refractivity contribution >= 4 is 0 Å². The molecule has 1 heterocycles. The molecule has 1 aliphatic carbocycles. The van der Waals surface area contributed by atoms with E-state index in [2.05, 4.69) is 5.32 Å². The Bertz CT molecular complexity index is 333. The number of nitrogens with zero attached hydrogens (tertiary/aromatic N) is 1. The lowest BCUT2D eigenvalue weighted by Gasteiger charge is -2.22. The number of aryl methyl sites for hydroxylation is 1. The molecule has 1 aromatic heterocycles. The highest BCUT2D eigenvalue weighted by Crippen LogP contribution is 2.31. The van der Waals surface area contributed by atoms with Gasteiger partial charge in [-0.05, 0) is 36.9 Å². The molecule has 1 unspecified atom stereocenters. The summed E-state index contributed by atoms with van der Waals surface area (Å²) in [7, 11) is 0. The van der Waals surface area contributed by atoms with Crippen LogP contribution in [0.5, 0.6) is 0 Å². The molecule has 84 valence electrons.